The van der Waals surface area contributed by atoms with Crippen LogP contribution in [-0.2, 0) is 0 Å². The lowest BCUT2D eigenvalue weighted by atomic mass is 10.1. The molecule has 1 aromatic heterocycles. The first-order valence-electron chi connectivity index (χ1n) is 8.37. The summed E-state index contributed by atoms with van der Waals surface area (Å²) in [6, 6.07) is 19.7. The molecule has 0 saturated heterocycles. The summed E-state index contributed by atoms with van der Waals surface area (Å²) in [4.78, 5) is 16.7. The Kier molecular flexibility index (Phi) is 5.03. The fourth-order valence-corrected chi connectivity index (χ4v) is 3.65. The summed E-state index contributed by atoms with van der Waals surface area (Å²) in [6.45, 7) is 0. The minimum atomic E-state index is -0.386. The van der Waals surface area contributed by atoms with Gasteiger partial charge in [0.05, 0.1) is 16.3 Å². The van der Waals surface area contributed by atoms with E-state index in [4.69, 9.17) is 16.0 Å². The third-order valence-electron chi connectivity index (χ3n) is 4.23. The Morgan fingerprint density at radius 3 is 2.57 bits per heavy atom. The second kappa shape index (κ2) is 7.62. The van der Waals surface area contributed by atoms with Crippen molar-refractivity contribution < 1.29 is 9.52 Å². The topological polar surface area (TPSA) is 62.8 Å². The average Bonchev–Trinajstić information content (AvgIpc) is 2.69. The third-order valence-corrected chi connectivity index (χ3v) is 4.98. The number of phenolic OH excluding ortho intramolecular Hbond substituents is 1. The summed E-state index contributed by atoms with van der Waals surface area (Å²) < 4.78 is 6.13. The summed E-state index contributed by atoms with van der Waals surface area (Å²) in [5.41, 5.74) is 2.58. The number of benzene rings is 3. The molecule has 3 aromatic carbocycles. The summed E-state index contributed by atoms with van der Waals surface area (Å²) in [5.74, 6) is -0.0287. The monoisotopic (exact) mass is 453 g/mol. The van der Waals surface area contributed by atoms with Crippen LogP contribution in [0.15, 0.2) is 85.4 Å². The molecule has 1 heterocycles. The maximum Gasteiger partial charge on any atom is 0.344 e. The number of rotatable bonds is 3. The lowest BCUT2D eigenvalue weighted by Crippen LogP contribution is -2.02. The highest BCUT2D eigenvalue weighted by molar-refractivity contribution is 9.10. The van der Waals surface area contributed by atoms with E-state index in [0.717, 1.165) is 15.4 Å². The molecular weight excluding hydrogens is 442 g/mol. The van der Waals surface area contributed by atoms with Crippen molar-refractivity contribution in [3.63, 3.8) is 0 Å². The van der Waals surface area contributed by atoms with Crippen LogP contribution >= 0.6 is 27.5 Å². The highest BCUT2D eigenvalue weighted by Gasteiger charge is 2.08. The van der Waals surface area contributed by atoms with Crippen LogP contribution in [0.2, 0.25) is 5.02 Å². The molecule has 0 fully saturated rings. The molecule has 0 aliphatic rings. The fraction of sp³-hybridized carbons (Fsp3) is 0. The minimum Gasteiger partial charge on any atom is -0.506 e. The Balaban J connectivity index is 1.65. The number of fused-ring (bicyclic) bond motifs is 1. The zero-order chi connectivity index (χ0) is 19.7. The molecule has 4 nitrogen and oxygen atoms in total. The van der Waals surface area contributed by atoms with E-state index < -0.39 is 0 Å². The predicted molar refractivity (Wildman–Crippen MR) is 116 cm³/mol. The number of para-hydroxylation sites is 1. The SMILES string of the molecule is O=c1oc2ccccc2cc1-c1ccc(N=Cc2cc(Br)cc(Cl)c2O)cc1. The normalized spacial score (nSPS) is 11.4. The Bertz CT molecular complexity index is 1260. The average molecular weight is 455 g/mol. The summed E-state index contributed by atoms with van der Waals surface area (Å²) >= 11 is 9.30. The Labute approximate surface area is 173 Å². The first-order valence-corrected chi connectivity index (χ1v) is 9.54. The quantitative estimate of drug-likeness (QED) is 0.290. The van der Waals surface area contributed by atoms with E-state index in [2.05, 4.69) is 20.9 Å². The van der Waals surface area contributed by atoms with E-state index in [1.165, 1.54) is 6.21 Å². The van der Waals surface area contributed by atoms with E-state index in [0.29, 0.717) is 22.4 Å². The van der Waals surface area contributed by atoms with Crippen LogP contribution in [0.1, 0.15) is 5.56 Å². The standard InChI is InChI=1S/C22H13BrClNO3/c23-16-9-15(21(26)19(24)11-16)12-25-17-7-5-13(6-8-17)18-10-14-3-1-2-4-20(14)28-22(18)27/h1-12,26H. The van der Waals surface area contributed by atoms with Gasteiger partial charge in [0.1, 0.15) is 11.3 Å². The Morgan fingerprint density at radius 1 is 1.04 bits per heavy atom. The molecule has 0 aliphatic carbocycles. The van der Waals surface area contributed by atoms with Crippen LogP contribution in [0.3, 0.4) is 0 Å². The van der Waals surface area contributed by atoms with Gasteiger partial charge in [0.15, 0.2) is 0 Å². The van der Waals surface area contributed by atoms with Crippen molar-refractivity contribution in [2.24, 2.45) is 4.99 Å². The minimum absolute atomic E-state index is 0.0287. The summed E-state index contributed by atoms with van der Waals surface area (Å²) in [6.07, 6.45) is 1.53. The number of nitrogens with zero attached hydrogens (tertiary/aromatic N) is 1. The molecule has 0 saturated carbocycles. The molecule has 4 aromatic rings. The highest BCUT2D eigenvalue weighted by Crippen LogP contribution is 2.31. The molecule has 0 atom stereocenters. The van der Waals surface area contributed by atoms with Crippen molar-refractivity contribution in [2.45, 2.75) is 0 Å². The molecule has 138 valence electrons. The lowest BCUT2D eigenvalue weighted by Gasteiger charge is -2.04. The van der Waals surface area contributed by atoms with Gasteiger partial charge in [-0.3, -0.25) is 4.99 Å². The van der Waals surface area contributed by atoms with Crippen molar-refractivity contribution in [2.75, 3.05) is 0 Å². The lowest BCUT2D eigenvalue weighted by molar-refractivity contribution is 0.474. The van der Waals surface area contributed by atoms with Gasteiger partial charge in [-0.2, -0.15) is 0 Å². The van der Waals surface area contributed by atoms with Crippen LogP contribution in [0, 0.1) is 0 Å². The van der Waals surface area contributed by atoms with Gasteiger partial charge in [0.2, 0.25) is 0 Å². The number of phenols is 1. The zero-order valence-corrected chi connectivity index (χ0v) is 16.7. The molecule has 0 radical (unpaired) electrons. The molecule has 0 unspecified atom stereocenters. The predicted octanol–water partition coefficient (Wildman–Crippen LogP) is 6.33. The number of halogens is 2. The molecule has 0 amide bonds. The second-order valence-electron chi connectivity index (χ2n) is 6.12. The molecule has 0 aliphatic heterocycles. The third kappa shape index (κ3) is 3.72. The van der Waals surface area contributed by atoms with Gasteiger partial charge in [-0.25, -0.2) is 4.79 Å². The van der Waals surface area contributed by atoms with Gasteiger partial charge in [0, 0.05) is 21.6 Å². The summed E-state index contributed by atoms with van der Waals surface area (Å²) in [5, 5.41) is 11.1. The molecule has 0 spiro atoms. The van der Waals surface area contributed by atoms with E-state index in [-0.39, 0.29) is 16.4 Å². The number of hydrogen-bond acceptors (Lipinski definition) is 4. The van der Waals surface area contributed by atoms with Crippen LogP contribution < -0.4 is 5.63 Å². The van der Waals surface area contributed by atoms with Crippen LogP contribution in [0.4, 0.5) is 5.69 Å². The van der Waals surface area contributed by atoms with Gasteiger partial charge in [-0.15, -0.1) is 0 Å². The van der Waals surface area contributed by atoms with Crippen molar-refractivity contribution in [1.82, 2.24) is 0 Å². The molecule has 4 rings (SSSR count). The molecule has 6 heteroatoms. The van der Waals surface area contributed by atoms with Gasteiger partial charge in [-0.1, -0.05) is 57.9 Å². The first kappa shape index (κ1) is 18.5. The van der Waals surface area contributed by atoms with Gasteiger partial charge < -0.3 is 9.52 Å². The van der Waals surface area contributed by atoms with Crippen molar-refractivity contribution in [3.8, 4) is 16.9 Å². The number of aliphatic imine (C=N–C) groups is 1. The summed E-state index contributed by atoms with van der Waals surface area (Å²) in [7, 11) is 0. The number of aromatic hydroxyl groups is 1. The van der Waals surface area contributed by atoms with E-state index in [1.54, 1.807) is 42.5 Å². The first-order chi connectivity index (χ1) is 13.5. The maximum absolute atomic E-state index is 12.3. The highest BCUT2D eigenvalue weighted by atomic mass is 79.9. The van der Waals surface area contributed by atoms with Gasteiger partial charge in [0.25, 0.3) is 0 Å². The molecule has 1 N–H and O–H groups in total. The van der Waals surface area contributed by atoms with E-state index >= 15 is 0 Å². The zero-order valence-electron chi connectivity index (χ0n) is 14.4. The van der Waals surface area contributed by atoms with Crippen LogP contribution in [0.25, 0.3) is 22.1 Å². The smallest absolute Gasteiger partial charge is 0.344 e. The maximum atomic E-state index is 12.3. The van der Waals surface area contributed by atoms with Crippen LogP contribution in [-0.4, -0.2) is 11.3 Å². The molecule has 28 heavy (non-hydrogen) atoms. The van der Waals surface area contributed by atoms with Crippen molar-refractivity contribution in [3.05, 3.63) is 92.2 Å². The van der Waals surface area contributed by atoms with E-state index in [9.17, 15) is 9.90 Å². The van der Waals surface area contributed by atoms with Crippen molar-refractivity contribution >= 4 is 50.4 Å². The van der Waals surface area contributed by atoms with Gasteiger partial charge in [-0.05, 0) is 42.0 Å². The van der Waals surface area contributed by atoms with Crippen molar-refractivity contribution in [1.29, 1.82) is 0 Å². The molecule has 0 bridgehead atoms. The van der Waals surface area contributed by atoms with Gasteiger partial charge >= 0.3 is 5.63 Å². The van der Waals surface area contributed by atoms with E-state index in [1.807, 2.05) is 24.3 Å². The Morgan fingerprint density at radius 2 is 1.79 bits per heavy atom. The molecular formula is C22H13BrClNO3. The number of hydrogen-bond donors (Lipinski definition) is 1. The largest absolute Gasteiger partial charge is 0.506 e. The fourth-order valence-electron chi connectivity index (χ4n) is 2.82. The second-order valence-corrected chi connectivity index (χ2v) is 7.44. The Hall–Kier alpha value is -2.89. The van der Waals surface area contributed by atoms with Crippen LogP contribution in [0.5, 0.6) is 5.75 Å².